The number of hydrogen-bond acceptors (Lipinski definition) is 6. The molecular formula is C17H15F3N4OS. The summed E-state index contributed by atoms with van der Waals surface area (Å²) in [6.45, 7) is 1.02. The van der Waals surface area contributed by atoms with E-state index in [1.807, 2.05) is 18.2 Å². The molecule has 2 aromatic heterocycles. The van der Waals surface area contributed by atoms with Gasteiger partial charge in [-0.3, -0.25) is 0 Å². The van der Waals surface area contributed by atoms with Gasteiger partial charge < -0.3 is 15.8 Å². The van der Waals surface area contributed by atoms with Crippen LogP contribution in [0.2, 0.25) is 0 Å². The number of nitrogens with one attached hydrogen (secondary N) is 1. The van der Waals surface area contributed by atoms with Gasteiger partial charge in [0, 0.05) is 12.2 Å². The quantitative estimate of drug-likeness (QED) is 0.714. The SMILES string of the molecule is Nc1nc2cc(-c3ccc(C(F)(F)F)nc3NC3CCOC3)ccc2s1. The van der Waals surface area contributed by atoms with Crippen molar-refractivity contribution in [3.63, 3.8) is 0 Å². The number of ether oxygens (including phenoxy) is 1. The number of nitrogen functional groups attached to an aromatic ring is 1. The summed E-state index contributed by atoms with van der Waals surface area (Å²) < 4.78 is 45.5. The Labute approximate surface area is 151 Å². The normalized spacial score (nSPS) is 17.7. The van der Waals surface area contributed by atoms with Crippen LogP contribution in [0.5, 0.6) is 0 Å². The fourth-order valence-electron chi connectivity index (χ4n) is 2.91. The van der Waals surface area contributed by atoms with Crippen LogP contribution in [0.1, 0.15) is 12.1 Å². The molecule has 0 saturated carbocycles. The second-order valence-corrected chi connectivity index (χ2v) is 7.09. The topological polar surface area (TPSA) is 73.1 Å². The largest absolute Gasteiger partial charge is 0.433 e. The van der Waals surface area contributed by atoms with Crippen molar-refractivity contribution in [2.45, 2.75) is 18.6 Å². The van der Waals surface area contributed by atoms with E-state index in [4.69, 9.17) is 10.5 Å². The summed E-state index contributed by atoms with van der Waals surface area (Å²) in [6, 6.07) is 7.86. The maximum atomic E-state index is 13.1. The smallest absolute Gasteiger partial charge is 0.379 e. The molecule has 1 saturated heterocycles. The predicted molar refractivity (Wildman–Crippen MR) is 95.1 cm³/mol. The van der Waals surface area contributed by atoms with E-state index in [-0.39, 0.29) is 11.9 Å². The lowest BCUT2D eigenvalue weighted by Gasteiger charge is -2.17. The Bertz CT molecular complexity index is 951. The van der Waals surface area contributed by atoms with Gasteiger partial charge in [-0.15, -0.1) is 0 Å². The number of pyridine rings is 1. The van der Waals surface area contributed by atoms with E-state index in [0.717, 1.165) is 22.8 Å². The highest BCUT2D eigenvalue weighted by atomic mass is 32.1. The van der Waals surface area contributed by atoms with Crippen molar-refractivity contribution in [1.82, 2.24) is 9.97 Å². The zero-order chi connectivity index (χ0) is 18.3. The van der Waals surface area contributed by atoms with Crippen LogP contribution < -0.4 is 11.1 Å². The van der Waals surface area contributed by atoms with Gasteiger partial charge >= 0.3 is 6.18 Å². The van der Waals surface area contributed by atoms with E-state index in [0.29, 0.717) is 29.4 Å². The van der Waals surface area contributed by atoms with Crippen LogP contribution in [0.15, 0.2) is 30.3 Å². The Hall–Kier alpha value is -2.39. The highest BCUT2D eigenvalue weighted by molar-refractivity contribution is 7.22. The summed E-state index contributed by atoms with van der Waals surface area (Å²) in [5.74, 6) is 0.192. The number of alkyl halides is 3. The Balaban J connectivity index is 1.79. The van der Waals surface area contributed by atoms with Gasteiger partial charge in [0.05, 0.1) is 22.9 Å². The van der Waals surface area contributed by atoms with Crippen molar-refractivity contribution in [2.75, 3.05) is 24.3 Å². The Kier molecular flexibility index (Phi) is 4.20. The molecule has 9 heteroatoms. The summed E-state index contributed by atoms with van der Waals surface area (Å²) in [6.07, 6.45) is -3.78. The van der Waals surface area contributed by atoms with Gasteiger partial charge in [-0.05, 0) is 36.2 Å². The number of anilines is 2. The fourth-order valence-corrected chi connectivity index (χ4v) is 3.63. The van der Waals surface area contributed by atoms with E-state index in [2.05, 4.69) is 15.3 Å². The van der Waals surface area contributed by atoms with Crippen LogP contribution in [0.25, 0.3) is 21.3 Å². The number of thiazole rings is 1. The van der Waals surface area contributed by atoms with Gasteiger partial charge in [-0.2, -0.15) is 13.2 Å². The Morgan fingerprint density at radius 2 is 2.04 bits per heavy atom. The molecule has 3 heterocycles. The number of halogens is 3. The standard InChI is InChI=1S/C17H15F3N4OS/c18-17(19,20)14-4-2-11(15(24-14)22-10-5-6-25-8-10)9-1-3-13-12(7-9)23-16(21)26-13/h1-4,7,10H,5-6,8H2,(H2,21,23)(H,22,24). The molecule has 0 amide bonds. The van der Waals surface area contributed by atoms with Gasteiger partial charge in [0.1, 0.15) is 11.5 Å². The summed E-state index contributed by atoms with van der Waals surface area (Å²) in [4.78, 5) is 8.08. The summed E-state index contributed by atoms with van der Waals surface area (Å²) >= 11 is 1.36. The lowest BCUT2D eigenvalue weighted by Crippen LogP contribution is -2.21. The van der Waals surface area contributed by atoms with Gasteiger partial charge in [0.2, 0.25) is 0 Å². The third-order valence-electron chi connectivity index (χ3n) is 4.17. The number of aromatic nitrogens is 2. The monoisotopic (exact) mass is 380 g/mol. The Morgan fingerprint density at radius 1 is 1.19 bits per heavy atom. The molecule has 26 heavy (non-hydrogen) atoms. The van der Waals surface area contributed by atoms with Gasteiger partial charge in [0.25, 0.3) is 0 Å². The fraction of sp³-hybridized carbons (Fsp3) is 0.294. The van der Waals surface area contributed by atoms with Gasteiger partial charge in [-0.25, -0.2) is 9.97 Å². The molecule has 3 aromatic rings. The van der Waals surface area contributed by atoms with Crippen LogP contribution in [0, 0.1) is 0 Å². The molecule has 1 aliphatic heterocycles. The van der Waals surface area contributed by atoms with Crippen molar-refractivity contribution in [3.8, 4) is 11.1 Å². The number of nitrogens with two attached hydrogens (primary N) is 1. The molecule has 136 valence electrons. The van der Waals surface area contributed by atoms with Crippen molar-refractivity contribution in [2.24, 2.45) is 0 Å². The lowest BCUT2D eigenvalue weighted by atomic mass is 10.0. The van der Waals surface area contributed by atoms with E-state index in [1.165, 1.54) is 17.4 Å². The maximum Gasteiger partial charge on any atom is 0.433 e. The van der Waals surface area contributed by atoms with Crippen LogP contribution in [0.3, 0.4) is 0 Å². The third-order valence-corrected chi connectivity index (χ3v) is 5.04. The molecule has 1 aromatic carbocycles. The van der Waals surface area contributed by atoms with Crippen LogP contribution in [-0.4, -0.2) is 29.2 Å². The van der Waals surface area contributed by atoms with E-state index in [9.17, 15) is 13.2 Å². The molecule has 1 aliphatic rings. The van der Waals surface area contributed by atoms with E-state index < -0.39 is 11.9 Å². The molecule has 1 atom stereocenters. The average molecular weight is 380 g/mol. The van der Waals surface area contributed by atoms with E-state index >= 15 is 0 Å². The molecule has 5 nitrogen and oxygen atoms in total. The number of nitrogens with zero attached hydrogens (tertiary/aromatic N) is 2. The maximum absolute atomic E-state index is 13.1. The minimum Gasteiger partial charge on any atom is -0.379 e. The lowest BCUT2D eigenvalue weighted by molar-refractivity contribution is -0.141. The van der Waals surface area contributed by atoms with Gasteiger partial charge in [0.15, 0.2) is 5.13 Å². The van der Waals surface area contributed by atoms with Gasteiger partial charge in [-0.1, -0.05) is 17.4 Å². The van der Waals surface area contributed by atoms with Crippen molar-refractivity contribution >= 4 is 32.5 Å². The number of hydrogen-bond donors (Lipinski definition) is 2. The molecule has 4 rings (SSSR count). The first-order valence-corrected chi connectivity index (χ1v) is 8.81. The number of fused-ring (bicyclic) bond motifs is 1. The molecule has 3 N–H and O–H groups in total. The second-order valence-electron chi connectivity index (χ2n) is 6.03. The van der Waals surface area contributed by atoms with Crippen LogP contribution in [0.4, 0.5) is 24.1 Å². The first kappa shape index (κ1) is 17.0. The molecule has 0 spiro atoms. The van der Waals surface area contributed by atoms with Crippen LogP contribution in [-0.2, 0) is 10.9 Å². The highest BCUT2D eigenvalue weighted by Crippen LogP contribution is 2.35. The van der Waals surface area contributed by atoms with E-state index in [1.54, 1.807) is 0 Å². The zero-order valence-corrected chi connectivity index (χ0v) is 14.3. The predicted octanol–water partition coefficient (Wildman–Crippen LogP) is 4.16. The number of benzene rings is 1. The molecular weight excluding hydrogens is 365 g/mol. The Morgan fingerprint density at radius 3 is 2.77 bits per heavy atom. The first-order chi connectivity index (χ1) is 12.4. The summed E-state index contributed by atoms with van der Waals surface area (Å²) in [5, 5.41) is 3.54. The first-order valence-electron chi connectivity index (χ1n) is 7.99. The van der Waals surface area contributed by atoms with Crippen molar-refractivity contribution in [1.29, 1.82) is 0 Å². The molecule has 1 unspecified atom stereocenters. The highest BCUT2D eigenvalue weighted by Gasteiger charge is 2.33. The third kappa shape index (κ3) is 3.32. The molecule has 1 fully saturated rings. The molecule has 0 aliphatic carbocycles. The van der Waals surface area contributed by atoms with Crippen molar-refractivity contribution < 1.29 is 17.9 Å². The number of rotatable bonds is 3. The second kappa shape index (κ2) is 6.40. The summed E-state index contributed by atoms with van der Waals surface area (Å²) in [5.41, 5.74) is 6.82. The minimum absolute atomic E-state index is 0.0663. The molecule has 0 radical (unpaired) electrons. The zero-order valence-electron chi connectivity index (χ0n) is 13.5. The van der Waals surface area contributed by atoms with Crippen LogP contribution >= 0.6 is 11.3 Å². The minimum atomic E-state index is -4.51. The van der Waals surface area contributed by atoms with Crippen molar-refractivity contribution in [3.05, 3.63) is 36.0 Å². The average Bonchev–Trinajstić information content (AvgIpc) is 3.21. The molecule has 0 bridgehead atoms. The summed E-state index contributed by atoms with van der Waals surface area (Å²) in [7, 11) is 0.